The van der Waals surface area contributed by atoms with E-state index in [1.54, 1.807) is 11.6 Å². The lowest BCUT2D eigenvalue weighted by Gasteiger charge is -2.15. The predicted octanol–water partition coefficient (Wildman–Crippen LogP) is 1.66. The summed E-state index contributed by atoms with van der Waals surface area (Å²) in [6.07, 6.45) is 1.61. The van der Waals surface area contributed by atoms with Crippen LogP contribution in [0.4, 0.5) is 0 Å². The van der Waals surface area contributed by atoms with Gasteiger partial charge in [-0.05, 0) is 24.3 Å². The Bertz CT molecular complexity index is 694. The molecule has 0 aliphatic carbocycles. The molecule has 1 aromatic carbocycles. The van der Waals surface area contributed by atoms with Crippen LogP contribution in [0, 0.1) is 0 Å². The molecule has 0 saturated carbocycles. The van der Waals surface area contributed by atoms with Gasteiger partial charge in [0.25, 0.3) is 0 Å². The van der Waals surface area contributed by atoms with E-state index in [1.807, 2.05) is 0 Å². The molecule has 0 radical (unpaired) electrons. The summed E-state index contributed by atoms with van der Waals surface area (Å²) in [4.78, 5) is 14.8. The van der Waals surface area contributed by atoms with Crippen molar-refractivity contribution in [3.05, 3.63) is 46.4 Å². The Morgan fingerprint density at radius 1 is 1.35 bits per heavy atom. The van der Waals surface area contributed by atoms with Gasteiger partial charge in [0.15, 0.2) is 0 Å². The number of carboxylic acids is 1. The van der Waals surface area contributed by atoms with E-state index in [0.717, 1.165) is 0 Å². The fourth-order valence-electron chi connectivity index (χ4n) is 1.56. The van der Waals surface area contributed by atoms with Crippen molar-refractivity contribution in [1.29, 1.82) is 0 Å². The second-order valence-electron chi connectivity index (χ2n) is 4.02. The molecule has 2 rings (SSSR count). The average Bonchev–Trinajstić information content (AvgIpc) is 2.91. The van der Waals surface area contributed by atoms with Gasteiger partial charge in [-0.25, -0.2) is 18.2 Å². The number of carboxylic acid groups (broad SMARTS) is 1. The molecule has 0 bridgehead atoms. The van der Waals surface area contributed by atoms with Crippen molar-refractivity contribution in [2.24, 2.45) is 0 Å². The largest absolute Gasteiger partial charge is 0.478 e. The predicted molar refractivity (Wildman–Crippen MR) is 74.2 cm³/mol. The van der Waals surface area contributed by atoms with Crippen LogP contribution in [-0.4, -0.2) is 35.8 Å². The van der Waals surface area contributed by atoms with Crippen molar-refractivity contribution in [2.45, 2.75) is 11.4 Å². The first kappa shape index (κ1) is 14.6. The standard InChI is InChI=1S/C12H12N2O4S2/c1-14(8-11-13-6-7-19-11)20(17,18)10-4-2-9(3-5-10)12(15)16/h2-7H,8H2,1H3,(H,15,16). The van der Waals surface area contributed by atoms with Crippen molar-refractivity contribution in [1.82, 2.24) is 9.29 Å². The Kier molecular flexibility index (Phi) is 4.17. The molecule has 1 N–H and O–H groups in total. The smallest absolute Gasteiger partial charge is 0.335 e. The molecule has 0 aliphatic rings. The maximum atomic E-state index is 12.3. The highest BCUT2D eigenvalue weighted by Gasteiger charge is 2.21. The molecule has 0 amide bonds. The Labute approximate surface area is 120 Å². The number of thiazole rings is 1. The van der Waals surface area contributed by atoms with Crippen LogP contribution < -0.4 is 0 Å². The SMILES string of the molecule is CN(Cc1nccs1)S(=O)(=O)c1ccc(C(=O)O)cc1. The Morgan fingerprint density at radius 3 is 2.50 bits per heavy atom. The van der Waals surface area contributed by atoms with Gasteiger partial charge in [-0.15, -0.1) is 11.3 Å². The lowest BCUT2D eigenvalue weighted by atomic mass is 10.2. The van der Waals surface area contributed by atoms with E-state index in [4.69, 9.17) is 5.11 Å². The molecule has 1 aromatic heterocycles. The molecule has 0 atom stereocenters. The molecule has 0 aliphatic heterocycles. The average molecular weight is 312 g/mol. The summed E-state index contributed by atoms with van der Waals surface area (Å²) in [7, 11) is -2.19. The highest BCUT2D eigenvalue weighted by atomic mass is 32.2. The minimum atomic E-state index is -3.65. The van der Waals surface area contributed by atoms with Gasteiger partial charge in [-0.2, -0.15) is 4.31 Å². The van der Waals surface area contributed by atoms with Gasteiger partial charge in [0, 0.05) is 18.6 Å². The number of aromatic carboxylic acids is 1. The number of benzene rings is 1. The molecule has 8 heteroatoms. The van der Waals surface area contributed by atoms with E-state index in [-0.39, 0.29) is 17.0 Å². The zero-order valence-corrected chi connectivity index (χ0v) is 12.2. The van der Waals surface area contributed by atoms with Crippen molar-refractivity contribution >= 4 is 27.3 Å². The fourth-order valence-corrected chi connectivity index (χ4v) is 3.44. The van der Waals surface area contributed by atoms with Crippen LogP contribution in [-0.2, 0) is 16.6 Å². The van der Waals surface area contributed by atoms with Gasteiger partial charge in [0.1, 0.15) is 5.01 Å². The molecule has 2 aromatic rings. The number of nitrogens with zero attached hydrogens (tertiary/aromatic N) is 2. The van der Waals surface area contributed by atoms with Crippen LogP contribution in [0.3, 0.4) is 0 Å². The van der Waals surface area contributed by atoms with E-state index in [2.05, 4.69) is 4.98 Å². The Balaban J connectivity index is 2.23. The van der Waals surface area contributed by atoms with Gasteiger partial charge >= 0.3 is 5.97 Å². The monoisotopic (exact) mass is 312 g/mol. The van der Waals surface area contributed by atoms with Crippen molar-refractivity contribution in [2.75, 3.05) is 7.05 Å². The molecular formula is C12H12N2O4S2. The Morgan fingerprint density at radius 2 is 2.00 bits per heavy atom. The first-order valence-electron chi connectivity index (χ1n) is 5.59. The zero-order chi connectivity index (χ0) is 14.8. The molecule has 1 heterocycles. The third-order valence-electron chi connectivity index (χ3n) is 2.65. The molecule has 0 spiro atoms. The summed E-state index contributed by atoms with van der Waals surface area (Å²) in [6, 6.07) is 5.12. The first-order chi connectivity index (χ1) is 9.41. The number of carbonyl (C=O) groups is 1. The minimum Gasteiger partial charge on any atom is -0.478 e. The van der Waals surface area contributed by atoms with Crippen molar-refractivity contribution in [3.8, 4) is 0 Å². The van der Waals surface area contributed by atoms with Gasteiger partial charge in [-0.1, -0.05) is 0 Å². The summed E-state index contributed by atoms with van der Waals surface area (Å²) in [5, 5.41) is 11.3. The lowest BCUT2D eigenvalue weighted by Crippen LogP contribution is -2.26. The van der Waals surface area contributed by atoms with Gasteiger partial charge in [0.05, 0.1) is 17.0 Å². The number of sulfonamides is 1. The number of hydrogen-bond acceptors (Lipinski definition) is 5. The molecular weight excluding hydrogens is 300 g/mol. The van der Waals surface area contributed by atoms with Gasteiger partial charge < -0.3 is 5.11 Å². The molecule has 106 valence electrons. The van der Waals surface area contributed by atoms with E-state index in [9.17, 15) is 13.2 Å². The summed E-state index contributed by atoms with van der Waals surface area (Å²) in [6.45, 7) is 0.181. The molecule has 0 fully saturated rings. The third kappa shape index (κ3) is 3.03. The molecule has 0 saturated heterocycles. The van der Waals surface area contributed by atoms with Crippen LogP contribution in [0.2, 0.25) is 0 Å². The second-order valence-corrected chi connectivity index (χ2v) is 7.04. The van der Waals surface area contributed by atoms with Crippen molar-refractivity contribution < 1.29 is 18.3 Å². The summed E-state index contributed by atoms with van der Waals surface area (Å²) in [5.74, 6) is -1.09. The van der Waals surface area contributed by atoms with Crippen LogP contribution in [0.5, 0.6) is 0 Å². The highest BCUT2D eigenvalue weighted by Crippen LogP contribution is 2.18. The number of hydrogen-bond donors (Lipinski definition) is 1. The quantitative estimate of drug-likeness (QED) is 0.907. The van der Waals surface area contributed by atoms with Crippen LogP contribution in [0.1, 0.15) is 15.4 Å². The molecule has 6 nitrogen and oxygen atoms in total. The maximum Gasteiger partial charge on any atom is 0.335 e. The molecule has 0 unspecified atom stereocenters. The summed E-state index contributed by atoms with van der Waals surface area (Å²) >= 11 is 1.37. The zero-order valence-electron chi connectivity index (χ0n) is 10.6. The maximum absolute atomic E-state index is 12.3. The Hall–Kier alpha value is -1.77. The number of aromatic nitrogens is 1. The normalized spacial score (nSPS) is 11.7. The summed E-state index contributed by atoms with van der Waals surface area (Å²) in [5.41, 5.74) is 0.0477. The fraction of sp³-hybridized carbons (Fsp3) is 0.167. The van der Waals surface area contributed by atoms with E-state index in [1.165, 1.54) is 47.0 Å². The first-order valence-corrected chi connectivity index (χ1v) is 7.91. The second kappa shape index (κ2) is 5.70. The van der Waals surface area contributed by atoms with E-state index >= 15 is 0 Å². The summed E-state index contributed by atoms with van der Waals surface area (Å²) < 4.78 is 25.8. The minimum absolute atomic E-state index is 0.0477. The van der Waals surface area contributed by atoms with Crippen LogP contribution >= 0.6 is 11.3 Å². The third-order valence-corrected chi connectivity index (χ3v) is 5.23. The van der Waals surface area contributed by atoms with Crippen LogP contribution in [0.15, 0.2) is 40.7 Å². The number of rotatable bonds is 5. The van der Waals surface area contributed by atoms with Gasteiger partial charge in [0.2, 0.25) is 10.0 Å². The topological polar surface area (TPSA) is 87.6 Å². The van der Waals surface area contributed by atoms with Gasteiger partial charge in [-0.3, -0.25) is 0 Å². The molecule has 20 heavy (non-hydrogen) atoms. The van der Waals surface area contributed by atoms with E-state index in [0.29, 0.717) is 5.01 Å². The van der Waals surface area contributed by atoms with Crippen LogP contribution in [0.25, 0.3) is 0 Å². The van der Waals surface area contributed by atoms with Crippen molar-refractivity contribution in [3.63, 3.8) is 0 Å². The highest BCUT2D eigenvalue weighted by molar-refractivity contribution is 7.89. The van der Waals surface area contributed by atoms with E-state index < -0.39 is 16.0 Å². The lowest BCUT2D eigenvalue weighted by molar-refractivity contribution is 0.0696.